The standard InChI is InChI=1S/C23H14BrFN2OS2/c24-16-10-8-14(9-11-16)13-26-21-20(15-4-3-5-17(25)12-15)30-23(29)27(21)19-7-2-1-6-18(19)22(26)28/h1-12H,13H2. The Morgan fingerprint density at radius 3 is 2.53 bits per heavy atom. The van der Waals surface area contributed by atoms with Crippen LogP contribution < -0.4 is 5.56 Å². The minimum Gasteiger partial charge on any atom is -0.288 e. The lowest BCUT2D eigenvalue weighted by atomic mass is 10.1. The summed E-state index contributed by atoms with van der Waals surface area (Å²) in [6.07, 6.45) is 0. The van der Waals surface area contributed by atoms with Crippen molar-refractivity contribution in [1.29, 1.82) is 0 Å². The van der Waals surface area contributed by atoms with E-state index < -0.39 is 0 Å². The Morgan fingerprint density at radius 2 is 1.77 bits per heavy atom. The van der Waals surface area contributed by atoms with Crippen LogP contribution in [0.1, 0.15) is 5.56 Å². The molecule has 0 aliphatic heterocycles. The number of fused-ring (bicyclic) bond motifs is 3. The first-order valence-corrected chi connectivity index (χ1v) is 11.2. The van der Waals surface area contributed by atoms with Crippen LogP contribution in [0.25, 0.3) is 27.0 Å². The number of thiazole rings is 1. The van der Waals surface area contributed by atoms with E-state index in [1.165, 1.54) is 23.5 Å². The van der Waals surface area contributed by atoms with Gasteiger partial charge in [-0.15, -0.1) is 11.3 Å². The van der Waals surface area contributed by atoms with Crippen LogP contribution in [0.15, 0.2) is 82.1 Å². The molecule has 7 heteroatoms. The van der Waals surface area contributed by atoms with E-state index in [4.69, 9.17) is 12.2 Å². The molecule has 0 aliphatic rings. The molecule has 30 heavy (non-hydrogen) atoms. The maximum atomic E-state index is 14.0. The Kier molecular flexibility index (Phi) is 4.89. The molecule has 0 radical (unpaired) electrons. The van der Waals surface area contributed by atoms with Gasteiger partial charge >= 0.3 is 0 Å². The van der Waals surface area contributed by atoms with Crippen molar-refractivity contribution in [2.45, 2.75) is 6.54 Å². The summed E-state index contributed by atoms with van der Waals surface area (Å²) >= 11 is 10.5. The minimum absolute atomic E-state index is 0.0982. The highest BCUT2D eigenvalue weighted by molar-refractivity contribution is 9.10. The molecule has 2 heterocycles. The van der Waals surface area contributed by atoms with Crippen LogP contribution in [0.5, 0.6) is 0 Å². The van der Waals surface area contributed by atoms with Gasteiger partial charge in [0.2, 0.25) is 0 Å². The average molecular weight is 497 g/mol. The molecule has 0 atom stereocenters. The largest absolute Gasteiger partial charge is 0.288 e. The molecule has 148 valence electrons. The van der Waals surface area contributed by atoms with Crippen LogP contribution in [-0.2, 0) is 6.54 Å². The van der Waals surface area contributed by atoms with Gasteiger partial charge in [0.15, 0.2) is 3.95 Å². The first-order valence-electron chi connectivity index (χ1n) is 9.20. The molecule has 0 fully saturated rings. The van der Waals surface area contributed by atoms with E-state index in [1.807, 2.05) is 59.0 Å². The highest BCUT2D eigenvalue weighted by atomic mass is 79.9. The van der Waals surface area contributed by atoms with E-state index in [0.29, 0.717) is 27.1 Å². The summed E-state index contributed by atoms with van der Waals surface area (Å²) in [4.78, 5) is 14.3. The number of hydrogen-bond acceptors (Lipinski definition) is 3. The van der Waals surface area contributed by atoms with E-state index in [1.54, 1.807) is 10.6 Å². The summed E-state index contributed by atoms with van der Waals surface area (Å²) in [5.74, 6) is -0.326. The zero-order valence-corrected chi connectivity index (χ0v) is 18.7. The molecule has 0 spiro atoms. The van der Waals surface area contributed by atoms with Crippen LogP contribution in [0, 0.1) is 9.77 Å². The normalized spacial score (nSPS) is 11.4. The molecule has 0 aliphatic carbocycles. The molecule has 0 bridgehead atoms. The molecular weight excluding hydrogens is 483 g/mol. The van der Waals surface area contributed by atoms with Crippen molar-refractivity contribution in [2.75, 3.05) is 0 Å². The van der Waals surface area contributed by atoms with E-state index in [0.717, 1.165) is 20.4 Å². The lowest BCUT2D eigenvalue weighted by Gasteiger charge is -2.13. The second kappa shape index (κ2) is 7.58. The number of hydrogen-bond donors (Lipinski definition) is 0. The third-order valence-electron chi connectivity index (χ3n) is 5.00. The second-order valence-electron chi connectivity index (χ2n) is 6.90. The van der Waals surface area contributed by atoms with Gasteiger partial charge < -0.3 is 0 Å². The van der Waals surface area contributed by atoms with Gasteiger partial charge in [0.1, 0.15) is 11.5 Å². The van der Waals surface area contributed by atoms with Gasteiger partial charge in [-0.25, -0.2) is 4.39 Å². The maximum absolute atomic E-state index is 14.0. The topological polar surface area (TPSA) is 26.4 Å². The fourth-order valence-electron chi connectivity index (χ4n) is 3.65. The smallest absolute Gasteiger partial charge is 0.261 e. The highest BCUT2D eigenvalue weighted by Gasteiger charge is 2.18. The highest BCUT2D eigenvalue weighted by Crippen LogP contribution is 2.33. The van der Waals surface area contributed by atoms with Crippen molar-refractivity contribution in [1.82, 2.24) is 8.97 Å². The maximum Gasteiger partial charge on any atom is 0.261 e. The average Bonchev–Trinajstić information content (AvgIpc) is 3.10. The van der Waals surface area contributed by atoms with E-state index in [9.17, 15) is 9.18 Å². The van der Waals surface area contributed by atoms with Gasteiger partial charge in [-0.1, -0.05) is 52.3 Å². The lowest BCUT2D eigenvalue weighted by molar-refractivity contribution is 0.628. The fourth-order valence-corrected chi connectivity index (χ4v) is 5.34. The number of para-hydroxylation sites is 1. The number of nitrogens with zero attached hydrogens (tertiary/aromatic N) is 2. The molecule has 3 aromatic carbocycles. The number of rotatable bonds is 3. The fraction of sp³-hybridized carbons (Fsp3) is 0.0435. The van der Waals surface area contributed by atoms with Crippen molar-refractivity contribution >= 4 is 56.0 Å². The Balaban J connectivity index is 1.90. The van der Waals surface area contributed by atoms with Crippen LogP contribution in [-0.4, -0.2) is 8.97 Å². The summed E-state index contributed by atoms with van der Waals surface area (Å²) in [6.45, 7) is 0.383. The summed E-state index contributed by atoms with van der Waals surface area (Å²) in [6, 6.07) is 21.7. The Labute approximate surface area is 188 Å². The van der Waals surface area contributed by atoms with Crippen LogP contribution in [0.4, 0.5) is 4.39 Å². The Hall–Kier alpha value is -2.61. The molecule has 0 amide bonds. The Bertz CT molecular complexity index is 1530. The zero-order valence-electron chi connectivity index (χ0n) is 15.5. The van der Waals surface area contributed by atoms with Crippen LogP contribution in [0.3, 0.4) is 0 Å². The minimum atomic E-state index is -0.326. The second-order valence-corrected chi connectivity index (χ2v) is 9.46. The molecule has 0 unspecified atom stereocenters. The molecular formula is C23H14BrFN2OS2. The van der Waals surface area contributed by atoms with Crippen LogP contribution in [0.2, 0.25) is 0 Å². The van der Waals surface area contributed by atoms with Gasteiger partial charge in [0, 0.05) is 4.47 Å². The SMILES string of the molecule is O=c1c2ccccc2n2c(=S)sc(-c3cccc(F)c3)c2n1Cc1ccc(Br)cc1. The number of benzene rings is 3. The van der Waals surface area contributed by atoms with Gasteiger partial charge in [-0.2, -0.15) is 0 Å². The van der Waals surface area contributed by atoms with Gasteiger partial charge in [-0.3, -0.25) is 13.8 Å². The van der Waals surface area contributed by atoms with Crippen molar-refractivity contribution in [3.05, 3.63) is 103 Å². The number of aromatic nitrogens is 2. The third kappa shape index (κ3) is 3.23. The predicted molar refractivity (Wildman–Crippen MR) is 127 cm³/mol. The molecule has 5 rings (SSSR count). The molecule has 3 nitrogen and oxygen atoms in total. The van der Waals surface area contributed by atoms with E-state index in [-0.39, 0.29) is 11.4 Å². The van der Waals surface area contributed by atoms with Crippen LogP contribution >= 0.6 is 39.5 Å². The van der Waals surface area contributed by atoms with Gasteiger partial charge in [-0.05, 0) is 59.7 Å². The first kappa shape index (κ1) is 19.4. The first-order chi connectivity index (χ1) is 14.5. The van der Waals surface area contributed by atoms with Crippen molar-refractivity contribution in [2.24, 2.45) is 0 Å². The summed E-state index contributed by atoms with van der Waals surface area (Å²) in [7, 11) is 0. The number of halogens is 2. The molecule has 5 aromatic rings. The predicted octanol–water partition coefficient (Wildman–Crippen LogP) is 6.66. The van der Waals surface area contributed by atoms with Gasteiger partial charge in [0.25, 0.3) is 5.56 Å². The Morgan fingerprint density at radius 1 is 1.00 bits per heavy atom. The van der Waals surface area contributed by atoms with Gasteiger partial charge in [0.05, 0.1) is 22.3 Å². The zero-order chi connectivity index (χ0) is 20.8. The summed E-state index contributed by atoms with van der Waals surface area (Å²) in [5, 5.41) is 0.599. The third-order valence-corrected chi connectivity index (χ3v) is 6.94. The van der Waals surface area contributed by atoms with Crippen molar-refractivity contribution < 1.29 is 4.39 Å². The molecule has 0 saturated carbocycles. The monoisotopic (exact) mass is 496 g/mol. The molecule has 0 saturated heterocycles. The van der Waals surface area contributed by atoms with Crippen molar-refractivity contribution in [3.8, 4) is 10.4 Å². The van der Waals surface area contributed by atoms with E-state index in [2.05, 4.69) is 15.9 Å². The molecule has 0 N–H and O–H groups in total. The summed E-state index contributed by atoms with van der Waals surface area (Å²) in [5.41, 5.74) is 3.03. The van der Waals surface area contributed by atoms with Crippen molar-refractivity contribution in [3.63, 3.8) is 0 Å². The lowest BCUT2D eigenvalue weighted by Crippen LogP contribution is -2.23. The summed E-state index contributed by atoms with van der Waals surface area (Å²) < 4.78 is 19.2. The molecule has 2 aromatic heterocycles. The van der Waals surface area contributed by atoms with E-state index >= 15 is 0 Å². The quantitative estimate of drug-likeness (QED) is 0.261.